The van der Waals surface area contributed by atoms with Gasteiger partial charge in [-0.2, -0.15) is 8.78 Å². The molecule has 0 spiro atoms. The smallest absolute Gasteiger partial charge is 0.301 e. The molecule has 0 bridgehead atoms. The molecule has 1 saturated heterocycles. The van der Waals surface area contributed by atoms with Gasteiger partial charge in [0.1, 0.15) is 5.71 Å². The second kappa shape index (κ2) is 2.73. The van der Waals surface area contributed by atoms with Crippen molar-refractivity contribution in [3.63, 3.8) is 0 Å². The summed E-state index contributed by atoms with van der Waals surface area (Å²) in [4.78, 5) is 1.51. The molecule has 0 unspecified atom stereocenters. The standard InChI is InChI=1S/C6H10F2N2O/c1-10-3-2-5(9-11)6(7,8)4-10/h11H,2-4H2,1H3. The lowest BCUT2D eigenvalue weighted by molar-refractivity contribution is 0.0230. The Labute approximate surface area is 63.3 Å². The van der Waals surface area contributed by atoms with E-state index in [1.807, 2.05) is 0 Å². The lowest BCUT2D eigenvalue weighted by atomic mass is 10.1. The van der Waals surface area contributed by atoms with Gasteiger partial charge in [0.05, 0.1) is 6.54 Å². The van der Waals surface area contributed by atoms with E-state index in [0.29, 0.717) is 6.54 Å². The van der Waals surface area contributed by atoms with Gasteiger partial charge in [-0.25, -0.2) is 0 Å². The molecule has 0 amide bonds. The van der Waals surface area contributed by atoms with Crippen molar-refractivity contribution in [1.82, 2.24) is 4.90 Å². The fourth-order valence-corrected chi connectivity index (χ4v) is 1.11. The topological polar surface area (TPSA) is 35.8 Å². The van der Waals surface area contributed by atoms with Crippen LogP contribution in [0.3, 0.4) is 0 Å². The van der Waals surface area contributed by atoms with Crippen molar-refractivity contribution in [3.8, 4) is 0 Å². The van der Waals surface area contributed by atoms with E-state index in [2.05, 4.69) is 5.16 Å². The van der Waals surface area contributed by atoms with Crippen LogP contribution in [0.25, 0.3) is 0 Å². The van der Waals surface area contributed by atoms with Crippen LogP contribution >= 0.6 is 0 Å². The average molecular weight is 164 g/mol. The Hall–Kier alpha value is -0.710. The first-order valence-electron chi connectivity index (χ1n) is 3.34. The minimum absolute atomic E-state index is 0.139. The lowest BCUT2D eigenvalue weighted by Crippen LogP contribution is -2.47. The number of halogens is 2. The maximum absolute atomic E-state index is 12.8. The minimum Gasteiger partial charge on any atom is -0.411 e. The maximum atomic E-state index is 12.8. The van der Waals surface area contributed by atoms with Crippen LogP contribution in [0.4, 0.5) is 8.78 Å². The first-order chi connectivity index (χ1) is 5.06. The van der Waals surface area contributed by atoms with Crippen LogP contribution < -0.4 is 0 Å². The zero-order valence-electron chi connectivity index (χ0n) is 6.22. The number of hydrogen-bond acceptors (Lipinski definition) is 3. The number of piperidine rings is 1. The summed E-state index contributed by atoms with van der Waals surface area (Å²) in [6.45, 7) is 0.168. The number of alkyl halides is 2. The number of oxime groups is 1. The van der Waals surface area contributed by atoms with Gasteiger partial charge in [-0.05, 0) is 7.05 Å². The quantitative estimate of drug-likeness (QED) is 0.424. The van der Waals surface area contributed by atoms with Crippen molar-refractivity contribution in [2.24, 2.45) is 5.16 Å². The zero-order valence-corrected chi connectivity index (χ0v) is 6.22. The highest BCUT2D eigenvalue weighted by atomic mass is 19.3. The fraction of sp³-hybridized carbons (Fsp3) is 0.833. The lowest BCUT2D eigenvalue weighted by Gasteiger charge is -2.29. The van der Waals surface area contributed by atoms with Gasteiger partial charge in [-0.15, -0.1) is 0 Å². The molecule has 5 heteroatoms. The molecular formula is C6H10F2N2O. The van der Waals surface area contributed by atoms with E-state index >= 15 is 0 Å². The Bertz CT molecular complexity index is 181. The molecule has 0 saturated carbocycles. The van der Waals surface area contributed by atoms with E-state index < -0.39 is 11.6 Å². The Morgan fingerprint density at radius 2 is 2.27 bits per heavy atom. The van der Waals surface area contributed by atoms with E-state index in [4.69, 9.17) is 5.21 Å². The second-order valence-electron chi connectivity index (χ2n) is 2.74. The largest absolute Gasteiger partial charge is 0.411 e. The van der Waals surface area contributed by atoms with Crippen LogP contribution in [0.15, 0.2) is 5.16 Å². The SMILES string of the molecule is CN1CCC(=NO)C(F)(F)C1. The van der Waals surface area contributed by atoms with Gasteiger partial charge in [-0.3, -0.25) is 4.90 Å². The molecule has 1 N–H and O–H groups in total. The van der Waals surface area contributed by atoms with Crippen molar-refractivity contribution in [2.45, 2.75) is 12.3 Å². The third-order valence-corrected chi connectivity index (χ3v) is 1.74. The molecule has 0 aromatic rings. The number of nitrogens with zero attached hydrogens (tertiary/aromatic N) is 2. The fourth-order valence-electron chi connectivity index (χ4n) is 1.11. The molecule has 1 rings (SSSR count). The molecule has 1 fully saturated rings. The molecule has 0 aromatic heterocycles. The first-order valence-corrected chi connectivity index (χ1v) is 3.34. The summed E-state index contributed by atoms with van der Waals surface area (Å²) in [7, 11) is 1.61. The van der Waals surface area contributed by atoms with Gasteiger partial charge >= 0.3 is 5.92 Å². The van der Waals surface area contributed by atoms with E-state index in [9.17, 15) is 8.78 Å². The first kappa shape index (κ1) is 8.39. The predicted octanol–water partition coefficient (Wildman–Crippen LogP) is 0.787. The van der Waals surface area contributed by atoms with Crippen LogP contribution in [-0.4, -0.2) is 41.9 Å². The summed E-state index contributed by atoms with van der Waals surface area (Å²) in [5.74, 6) is -2.96. The Kier molecular flexibility index (Phi) is 2.08. The number of likely N-dealkylation sites (tertiary alicyclic amines) is 1. The highest BCUT2D eigenvalue weighted by Gasteiger charge is 2.40. The Balaban J connectivity index is 2.72. The third-order valence-electron chi connectivity index (χ3n) is 1.74. The van der Waals surface area contributed by atoms with Crippen LogP contribution in [0.2, 0.25) is 0 Å². The van der Waals surface area contributed by atoms with Crippen molar-refractivity contribution in [1.29, 1.82) is 0 Å². The monoisotopic (exact) mass is 164 g/mol. The molecule has 1 heterocycles. The van der Waals surface area contributed by atoms with Gasteiger partial charge in [0.25, 0.3) is 0 Å². The van der Waals surface area contributed by atoms with Crippen LogP contribution in [0.5, 0.6) is 0 Å². The maximum Gasteiger partial charge on any atom is 0.301 e. The predicted molar refractivity (Wildman–Crippen MR) is 36.3 cm³/mol. The molecule has 0 atom stereocenters. The van der Waals surface area contributed by atoms with Crippen molar-refractivity contribution >= 4 is 5.71 Å². The molecule has 0 radical (unpaired) electrons. The molecule has 64 valence electrons. The number of hydrogen-bond donors (Lipinski definition) is 1. The molecule has 1 aliphatic rings. The summed E-state index contributed by atoms with van der Waals surface area (Å²) in [5.41, 5.74) is -0.407. The normalized spacial score (nSPS) is 29.2. The van der Waals surface area contributed by atoms with E-state index in [-0.39, 0.29) is 13.0 Å². The minimum atomic E-state index is -2.96. The molecule has 0 aliphatic carbocycles. The van der Waals surface area contributed by atoms with E-state index in [1.54, 1.807) is 7.05 Å². The summed E-state index contributed by atoms with van der Waals surface area (Å²) in [6.07, 6.45) is 0.139. The molecule has 0 aromatic carbocycles. The highest BCUT2D eigenvalue weighted by Crippen LogP contribution is 2.23. The molecular weight excluding hydrogens is 154 g/mol. The Morgan fingerprint density at radius 3 is 2.73 bits per heavy atom. The van der Waals surface area contributed by atoms with Gasteiger partial charge in [-0.1, -0.05) is 5.16 Å². The van der Waals surface area contributed by atoms with E-state index in [1.165, 1.54) is 4.90 Å². The van der Waals surface area contributed by atoms with Crippen LogP contribution in [-0.2, 0) is 0 Å². The second-order valence-corrected chi connectivity index (χ2v) is 2.74. The van der Waals surface area contributed by atoms with Gasteiger partial charge < -0.3 is 5.21 Å². The van der Waals surface area contributed by atoms with Gasteiger partial charge in [0.15, 0.2) is 0 Å². The van der Waals surface area contributed by atoms with Crippen LogP contribution in [0, 0.1) is 0 Å². The summed E-state index contributed by atoms with van der Waals surface area (Å²) in [5, 5.41) is 10.8. The third kappa shape index (κ3) is 1.65. The van der Waals surface area contributed by atoms with Crippen molar-refractivity contribution < 1.29 is 14.0 Å². The zero-order chi connectivity index (χ0) is 8.48. The molecule has 1 aliphatic heterocycles. The summed E-state index contributed by atoms with van der Waals surface area (Å²) < 4.78 is 25.6. The Morgan fingerprint density at radius 1 is 1.64 bits per heavy atom. The van der Waals surface area contributed by atoms with Gasteiger partial charge in [0, 0.05) is 13.0 Å². The number of rotatable bonds is 0. The molecule has 11 heavy (non-hydrogen) atoms. The van der Waals surface area contributed by atoms with Crippen molar-refractivity contribution in [3.05, 3.63) is 0 Å². The van der Waals surface area contributed by atoms with Crippen molar-refractivity contribution in [2.75, 3.05) is 20.1 Å². The average Bonchev–Trinajstić information content (AvgIpc) is 1.85. The summed E-state index contributed by atoms with van der Waals surface area (Å²) in [6, 6.07) is 0. The summed E-state index contributed by atoms with van der Waals surface area (Å²) >= 11 is 0. The van der Waals surface area contributed by atoms with Crippen LogP contribution in [0.1, 0.15) is 6.42 Å². The molecule has 3 nitrogen and oxygen atoms in total. The highest BCUT2D eigenvalue weighted by molar-refractivity contribution is 5.91. The van der Waals surface area contributed by atoms with E-state index in [0.717, 1.165) is 0 Å². The van der Waals surface area contributed by atoms with Gasteiger partial charge in [0.2, 0.25) is 0 Å².